The Labute approximate surface area is 257 Å². The molecule has 0 spiro atoms. The van der Waals surface area contributed by atoms with Crippen molar-refractivity contribution in [2.45, 2.75) is 57.7 Å². The molecule has 3 aromatic rings. The van der Waals surface area contributed by atoms with Gasteiger partial charge in [-0.25, -0.2) is 8.42 Å². The summed E-state index contributed by atoms with van der Waals surface area (Å²) in [6.45, 7) is 1.12. The molecule has 1 aliphatic carbocycles. The highest BCUT2D eigenvalue weighted by Crippen LogP contribution is 2.36. The molecule has 0 bridgehead atoms. The van der Waals surface area contributed by atoms with Crippen LogP contribution in [0.15, 0.2) is 72.8 Å². The van der Waals surface area contributed by atoms with E-state index in [2.05, 4.69) is 5.32 Å². The Balaban J connectivity index is 1.52. The second-order valence-corrected chi connectivity index (χ2v) is 13.4. The molecule has 0 radical (unpaired) electrons. The van der Waals surface area contributed by atoms with Crippen molar-refractivity contribution >= 4 is 39.1 Å². The van der Waals surface area contributed by atoms with Crippen LogP contribution >= 0.6 is 11.6 Å². The molecule has 0 unspecified atom stereocenters. The predicted molar refractivity (Wildman–Crippen MR) is 166 cm³/mol. The van der Waals surface area contributed by atoms with Gasteiger partial charge in [0.2, 0.25) is 28.6 Å². The lowest BCUT2D eigenvalue weighted by molar-refractivity contribution is -0.140. The summed E-state index contributed by atoms with van der Waals surface area (Å²) in [5, 5.41) is 3.66. The van der Waals surface area contributed by atoms with Crippen molar-refractivity contribution in [3.05, 3.63) is 88.9 Å². The maximum absolute atomic E-state index is 14.3. The normalized spacial score (nSPS) is 15.2. The molecule has 1 atom stereocenters. The molecule has 0 aromatic heterocycles. The Morgan fingerprint density at radius 1 is 0.953 bits per heavy atom. The first-order chi connectivity index (χ1) is 20.7. The minimum absolute atomic E-state index is 0.0307. The summed E-state index contributed by atoms with van der Waals surface area (Å²) in [7, 11) is -3.89. The standard InChI is InChI=1S/C32H36ClN3O6S/c1-2-43(39,40)36(27-15-16-29-30(19-27)42-22-41-29)21-31(37)35(20-24-11-8-12-25(33)17-24)28(18-23-9-4-3-5-10-23)32(38)34-26-13-6-7-14-26/h3-5,8-12,15-17,19,26,28H,2,6-7,13-14,18,20-22H2,1H3,(H,34,38)/t28-/m1/s1. The van der Waals surface area contributed by atoms with Crippen molar-refractivity contribution in [1.82, 2.24) is 10.2 Å². The van der Waals surface area contributed by atoms with E-state index in [4.69, 9.17) is 21.1 Å². The number of carbonyl (C=O) groups excluding carboxylic acids is 2. The number of carbonyl (C=O) groups is 2. The number of rotatable bonds is 12. The lowest BCUT2D eigenvalue weighted by Crippen LogP contribution is -2.54. The number of anilines is 1. The predicted octanol–water partition coefficient (Wildman–Crippen LogP) is 4.92. The Morgan fingerprint density at radius 3 is 2.40 bits per heavy atom. The molecule has 3 aromatic carbocycles. The van der Waals surface area contributed by atoms with Crippen molar-refractivity contribution in [2.75, 3.05) is 23.4 Å². The van der Waals surface area contributed by atoms with E-state index in [-0.39, 0.29) is 43.1 Å². The van der Waals surface area contributed by atoms with Gasteiger partial charge >= 0.3 is 0 Å². The Hall–Kier alpha value is -3.76. The third kappa shape index (κ3) is 7.61. The lowest BCUT2D eigenvalue weighted by Gasteiger charge is -2.34. The summed E-state index contributed by atoms with van der Waals surface area (Å²) in [6.07, 6.45) is 4.12. The fraction of sp³-hybridized carbons (Fsp3) is 0.375. The summed E-state index contributed by atoms with van der Waals surface area (Å²) in [5.74, 6) is -0.109. The molecule has 9 nitrogen and oxygen atoms in total. The molecule has 2 aliphatic rings. The zero-order chi connectivity index (χ0) is 30.4. The second-order valence-electron chi connectivity index (χ2n) is 10.8. The van der Waals surface area contributed by atoms with Crippen LogP contribution in [0, 0.1) is 0 Å². The van der Waals surface area contributed by atoms with Gasteiger partial charge in [-0.1, -0.05) is 66.9 Å². The van der Waals surface area contributed by atoms with Crippen LogP contribution in [0.25, 0.3) is 0 Å². The van der Waals surface area contributed by atoms with Gasteiger partial charge < -0.3 is 19.7 Å². The van der Waals surface area contributed by atoms with E-state index in [0.717, 1.165) is 41.1 Å². The Morgan fingerprint density at radius 2 is 1.67 bits per heavy atom. The highest BCUT2D eigenvalue weighted by atomic mass is 35.5. The summed E-state index contributed by atoms with van der Waals surface area (Å²) >= 11 is 6.29. The number of hydrogen-bond acceptors (Lipinski definition) is 6. The van der Waals surface area contributed by atoms with Gasteiger partial charge in [0.25, 0.3) is 0 Å². The highest BCUT2D eigenvalue weighted by Gasteiger charge is 2.35. The van der Waals surface area contributed by atoms with Crippen LogP contribution in [0.2, 0.25) is 5.02 Å². The van der Waals surface area contributed by atoms with Crippen LogP contribution in [0.1, 0.15) is 43.7 Å². The molecule has 0 saturated heterocycles. The molecular weight excluding hydrogens is 590 g/mol. The van der Waals surface area contributed by atoms with Crippen LogP contribution in [-0.4, -0.2) is 56.3 Å². The number of sulfonamides is 1. The summed E-state index contributed by atoms with van der Waals surface area (Å²) in [5.41, 5.74) is 1.88. The number of ether oxygens (including phenoxy) is 2. The smallest absolute Gasteiger partial charge is 0.244 e. The van der Waals surface area contributed by atoms with E-state index in [1.807, 2.05) is 36.4 Å². The molecule has 43 heavy (non-hydrogen) atoms. The molecule has 1 heterocycles. The quantitative estimate of drug-likeness (QED) is 0.306. The Bertz CT molecular complexity index is 1550. The third-order valence-electron chi connectivity index (χ3n) is 7.84. The first-order valence-corrected chi connectivity index (χ1v) is 16.5. The van der Waals surface area contributed by atoms with Gasteiger partial charge in [-0.2, -0.15) is 0 Å². The average molecular weight is 626 g/mol. The SMILES string of the molecule is CCS(=O)(=O)N(CC(=O)N(Cc1cccc(Cl)c1)[C@H](Cc1ccccc1)C(=O)NC1CCCC1)c1ccc2c(c1)OCO2. The summed E-state index contributed by atoms with van der Waals surface area (Å²) in [6, 6.07) is 20.5. The molecule has 2 amide bonds. The van der Waals surface area contributed by atoms with E-state index < -0.39 is 28.5 Å². The highest BCUT2D eigenvalue weighted by molar-refractivity contribution is 7.92. The maximum Gasteiger partial charge on any atom is 0.244 e. The minimum Gasteiger partial charge on any atom is -0.454 e. The number of halogens is 1. The molecule has 5 rings (SSSR count). The zero-order valence-electron chi connectivity index (χ0n) is 24.1. The number of benzene rings is 3. The van der Waals surface area contributed by atoms with Gasteiger partial charge in [0.05, 0.1) is 11.4 Å². The number of amides is 2. The van der Waals surface area contributed by atoms with Gasteiger partial charge in [-0.3, -0.25) is 13.9 Å². The molecule has 1 saturated carbocycles. The molecule has 1 fully saturated rings. The molecule has 228 valence electrons. The van der Waals surface area contributed by atoms with Crippen molar-refractivity contribution in [2.24, 2.45) is 0 Å². The number of nitrogens with zero attached hydrogens (tertiary/aromatic N) is 2. The average Bonchev–Trinajstić information content (AvgIpc) is 3.70. The van der Waals surface area contributed by atoms with Gasteiger partial charge in [-0.05, 0) is 55.2 Å². The molecular formula is C32H36ClN3O6S. The summed E-state index contributed by atoms with van der Waals surface area (Å²) in [4.78, 5) is 29.8. The zero-order valence-corrected chi connectivity index (χ0v) is 25.6. The Kier molecular flexibility index (Phi) is 9.77. The van der Waals surface area contributed by atoms with E-state index in [0.29, 0.717) is 16.5 Å². The van der Waals surface area contributed by atoms with Crippen molar-refractivity contribution in [3.63, 3.8) is 0 Å². The third-order valence-corrected chi connectivity index (χ3v) is 9.81. The van der Waals surface area contributed by atoms with Crippen LogP contribution in [0.4, 0.5) is 5.69 Å². The number of nitrogens with one attached hydrogen (secondary N) is 1. The van der Waals surface area contributed by atoms with Crippen molar-refractivity contribution in [3.8, 4) is 11.5 Å². The van der Waals surface area contributed by atoms with E-state index >= 15 is 0 Å². The first kappa shape index (κ1) is 30.7. The van der Waals surface area contributed by atoms with E-state index in [9.17, 15) is 18.0 Å². The topological polar surface area (TPSA) is 105 Å². The molecule has 11 heteroatoms. The van der Waals surface area contributed by atoms with Crippen LogP contribution in [0.3, 0.4) is 0 Å². The fourth-order valence-corrected chi connectivity index (χ4v) is 6.78. The minimum atomic E-state index is -3.89. The fourth-order valence-electron chi connectivity index (χ4n) is 5.51. The van der Waals surface area contributed by atoms with E-state index in [1.54, 1.807) is 36.4 Å². The lowest BCUT2D eigenvalue weighted by atomic mass is 10.0. The largest absolute Gasteiger partial charge is 0.454 e. The monoisotopic (exact) mass is 625 g/mol. The maximum atomic E-state index is 14.3. The first-order valence-electron chi connectivity index (χ1n) is 14.5. The molecule has 1 aliphatic heterocycles. The van der Waals surface area contributed by atoms with Gasteiger partial charge in [0.1, 0.15) is 12.6 Å². The van der Waals surface area contributed by atoms with Crippen molar-refractivity contribution in [1.29, 1.82) is 0 Å². The van der Waals surface area contributed by atoms with Crippen LogP contribution < -0.4 is 19.1 Å². The van der Waals surface area contributed by atoms with Gasteiger partial charge in [0.15, 0.2) is 11.5 Å². The van der Waals surface area contributed by atoms with Crippen LogP contribution in [-0.2, 0) is 32.6 Å². The van der Waals surface area contributed by atoms with Crippen molar-refractivity contribution < 1.29 is 27.5 Å². The summed E-state index contributed by atoms with van der Waals surface area (Å²) < 4.78 is 38.7. The number of fused-ring (bicyclic) bond motifs is 1. The number of hydrogen-bond donors (Lipinski definition) is 1. The second kappa shape index (κ2) is 13.7. The molecule has 1 N–H and O–H groups in total. The van der Waals surface area contributed by atoms with Gasteiger partial charge in [-0.15, -0.1) is 0 Å². The van der Waals surface area contributed by atoms with Gasteiger partial charge in [0, 0.05) is 30.1 Å². The van der Waals surface area contributed by atoms with Crippen LogP contribution in [0.5, 0.6) is 11.5 Å². The van der Waals surface area contributed by atoms with E-state index in [1.165, 1.54) is 11.8 Å².